The van der Waals surface area contributed by atoms with E-state index in [9.17, 15) is 0 Å². The van der Waals surface area contributed by atoms with Crippen molar-refractivity contribution in [3.63, 3.8) is 0 Å². The smallest absolute Gasteiger partial charge is 0.0947 e. The van der Waals surface area contributed by atoms with Crippen molar-refractivity contribution in [3.8, 4) is 0 Å². The van der Waals surface area contributed by atoms with E-state index < -0.39 is 0 Å². The zero-order valence-electron chi connectivity index (χ0n) is 12.6. The Hall–Kier alpha value is -0.450. The van der Waals surface area contributed by atoms with Crippen LogP contribution < -0.4 is 5.32 Å². The Bertz CT molecular complexity index is 391. The van der Waals surface area contributed by atoms with Gasteiger partial charge in [-0.1, -0.05) is 12.8 Å². The van der Waals surface area contributed by atoms with Gasteiger partial charge in [-0.15, -0.1) is 11.3 Å². The van der Waals surface area contributed by atoms with Crippen LogP contribution in [0.25, 0.3) is 0 Å². The van der Waals surface area contributed by atoms with E-state index in [-0.39, 0.29) is 5.60 Å². The number of ether oxygens (including phenoxy) is 1. The van der Waals surface area contributed by atoms with Crippen molar-refractivity contribution in [2.24, 2.45) is 0 Å². The van der Waals surface area contributed by atoms with Crippen LogP contribution in [-0.4, -0.2) is 30.3 Å². The molecule has 1 aliphatic carbocycles. The van der Waals surface area contributed by atoms with Gasteiger partial charge in [0.25, 0.3) is 0 Å². The van der Waals surface area contributed by atoms with Gasteiger partial charge in [0.1, 0.15) is 0 Å². The van der Waals surface area contributed by atoms with Gasteiger partial charge in [0.05, 0.1) is 16.3 Å². The number of nitrogens with zero attached hydrogens (tertiary/aromatic N) is 1. The van der Waals surface area contributed by atoms with Gasteiger partial charge in [0.2, 0.25) is 0 Å². The Morgan fingerprint density at radius 3 is 2.53 bits per heavy atom. The monoisotopic (exact) mass is 282 g/mol. The number of hydrogen-bond acceptors (Lipinski definition) is 4. The molecule has 0 amide bonds. The largest absolute Gasteiger partial charge is 0.374 e. The third-order valence-electron chi connectivity index (χ3n) is 4.32. The molecule has 108 valence electrons. The second-order valence-corrected chi connectivity index (χ2v) is 6.79. The molecular formula is C15H26N2OS. The molecule has 19 heavy (non-hydrogen) atoms. The van der Waals surface area contributed by atoms with Crippen LogP contribution in [0, 0.1) is 13.8 Å². The van der Waals surface area contributed by atoms with Gasteiger partial charge in [-0.05, 0) is 40.7 Å². The van der Waals surface area contributed by atoms with E-state index in [0.717, 1.165) is 13.0 Å². The molecule has 1 aliphatic rings. The van der Waals surface area contributed by atoms with E-state index in [4.69, 9.17) is 4.74 Å². The highest BCUT2D eigenvalue weighted by atomic mass is 32.1. The molecule has 1 aromatic rings. The second-order valence-electron chi connectivity index (χ2n) is 5.50. The van der Waals surface area contributed by atoms with Crippen molar-refractivity contribution in [1.29, 1.82) is 0 Å². The molecule has 1 heterocycles. The molecule has 1 unspecified atom stereocenters. The van der Waals surface area contributed by atoms with Crippen molar-refractivity contribution >= 4 is 11.3 Å². The van der Waals surface area contributed by atoms with Crippen LogP contribution >= 0.6 is 11.3 Å². The Labute approximate surface area is 120 Å². The van der Waals surface area contributed by atoms with E-state index >= 15 is 0 Å². The number of thiazole rings is 1. The highest BCUT2D eigenvalue weighted by Gasteiger charge is 2.41. The molecule has 4 heteroatoms. The van der Waals surface area contributed by atoms with Crippen molar-refractivity contribution in [3.05, 3.63) is 15.6 Å². The Kier molecular flexibility index (Phi) is 4.98. The molecule has 2 rings (SSSR count). The SMILES string of the molecule is CCOC1(C(Cc2nc(C)c(C)s2)NC)CCCC1. The van der Waals surface area contributed by atoms with Gasteiger partial charge in [-0.3, -0.25) is 0 Å². The highest BCUT2D eigenvalue weighted by molar-refractivity contribution is 7.11. The van der Waals surface area contributed by atoms with Crippen LogP contribution in [0.5, 0.6) is 0 Å². The maximum atomic E-state index is 6.17. The molecule has 0 spiro atoms. The molecule has 0 aliphatic heterocycles. The number of nitrogens with one attached hydrogen (secondary N) is 1. The lowest BCUT2D eigenvalue weighted by Gasteiger charge is -2.37. The zero-order chi connectivity index (χ0) is 13.9. The highest BCUT2D eigenvalue weighted by Crippen LogP contribution is 2.37. The quantitative estimate of drug-likeness (QED) is 0.870. The van der Waals surface area contributed by atoms with E-state index in [2.05, 4.69) is 38.1 Å². The molecule has 3 nitrogen and oxygen atoms in total. The first-order chi connectivity index (χ1) is 9.11. The molecule has 1 saturated carbocycles. The predicted octanol–water partition coefficient (Wildman–Crippen LogP) is 3.24. The molecular weight excluding hydrogens is 256 g/mol. The summed E-state index contributed by atoms with van der Waals surface area (Å²) in [4.78, 5) is 6.02. The van der Waals surface area contributed by atoms with Crippen molar-refractivity contribution in [2.75, 3.05) is 13.7 Å². The number of aryl methyl sites for hydroxylation is 2. The van der Waals surface area contributed by atoms with Crippen molar-refractivity contribution in [1.82, 2.24) is 10.3 Å². The maximum Gasteiger partial charge on any atom is 0.0947 e. The van der Waals surface area contributed by atoms with Gasteiger partial charge < -0.3 is 10.1 Å². The number of hydrogen-bond donors (Lipinski definition) is 1. The van der Waals surface area contributed by atoms with Crippen molar-refractivity contribution < 1.29 is 4.74 Å². The third-order valence-corrected chi connectivity index (χ3v) is 5.41. The van der Waals surface area contributed by atoms with Gasteiger partial charge in [-0.25, -0.2) is 4.98 Å². The first-order valence-electron chi connectivity index (χ1n) is 7.35. The summed E-state index contributed by atoms with van der Waals surface area (Å²) in [6, 6.07) is 0.375. The molecule has 0 aromatic carbocycles. The van der Waals surface area contributed by atoms with Crippen LogP contribution in [0.1, 0.15) is 48.2 Å². The second kappa shape index (κ2) is 6.33. The van der Waals surface area contributed by atoms with E-state index in [0.29, 0.717) is 6.04 Å². The zero-order valence-corrected chi connectivity index (χ0v) is 13.4. The standard InChI is InChI=1S/C15H26N2OS/c1-5-18-15(8-6-7-9-15)13(16-4)10-14-17-11(2)12(3)19-14/h13,16H,5-10H2,1-4H3. The summed E-state index contributed by atoms with van der Waals surface area (Å²) in [5.41, 5.74) is 1.20. The summed E-state index contributed by atoms with van der Waals surface area (Å²) in [5.74, 6) is 0. The van der Waals surface area contributed by atoms with Gasteiger partial charge >= 0.3 is 0 Å². The lowest BCUT2D eigenvalue weighted by Crippen LogP contribution is -2.51. The molecule has 1 fully saturated rings. The number of likely N-dealkylation sites (N-methyl/N-ethyl adjacent to an activating group) is 1. The molecule has 1 N–H and O–H groups in total. The number of aromatic nitrogens is 1. The fourth-order valence-corrected chi connectivity index (χ4v) is 4.19. The minimum absolute atomic E-state index is 0.0248. The molecule has 0 bridgehead atoms. The fraction of sp³-hybridized carbons (Fsp3) is 0.800. The first-order valence-corrected chi connectivity index (χ1v) is 8.17. The van der Waals surface area contributed by atoms with Crippen LogP contribution in [0.4, 0.5) is 0 Å². The summed E-state index contributed by atoms with van der Waals surface area (Å²) < 4.78 is 6.17. The normalized spacial score (nSPS) is 19.8. The Balaban J connectivity index is 2.13. The summed E-state index contributed by atoms with van der Waals surface area (Å²) in [5, 5.41) is 4.72. The molecule has 0 radical (unpaired) electrons. The van der Waals surface area contributed by atoms with Crippen LogP contribution in [0.2, 0.25) is 0 Å². The minimum atomic E-state index is 0.0248. The average Bonchev–Trinajstić information content (AvgIpc) is 2.96. The predicted molar refractivity (Wildman–Crippen MR) is 81.0 cm³/mol. The summed E-state index contributed by atoms with van der Waals surface area (Å²) in [6.45, 7) is 7.15. The first kappa shape index (κ1) is 14.9. The van der Waals surface area contributed by atoms with Crippen LogP contribution in [0.3, 0.4) is 0 Å². The minimum Gasteiger partial charge on any atom is -0.374 e. The molecule has 1 aromatic heterocycles. The third kappa shape index (κ3) is 3.18. The van der Waals surface area contributed by atoms with Crippen molar-refractivity contribution in [2.45, 2.75) is 64.5 Å². The summed E-state index contributed by atoms with van der Waals surface area (Å²) in [7, 11) is 2.05. The van der Waals surface area contributed by atoms with E-state index in [1.165, 1.54) is 41.3 Å². The maximum absolute atomic E-state index is 6.17. The van der Waals surface area contributed by atoms with E-state index in [1.54, 1.807) is 0 Å². The summed E-state index contributed by atoms with van der Waals surface area (Å²) >= 11 is 1.83. The Morgan fingerprint density at radius 1 is 1.37 bits per heavy atom. The lowest BCUT2D eigenvalue weighted by molar-refractivity contribution is -0.0597. The van der Waals surface area contributed by atoms with E-state index in [1.807, 2.05) is 11.3 Å². The topological polar surface area (TPSA) is 34.1 Å². The Morgan fingerprint density at radius 2 is 2.05 bits per heavy atom. The number of rotatable bonds is 6. The van der Waals surface area contributed by atoms with Crippen LogP contribution in [0.15, 0.2) is 0 Å². The fourth-order valence-electron chi connectivity index (χ4n) is 3.21. The van der Waals surface area contributed by atoms with Gasteiger partial charge in [-0.2, -0.15) is 0 Å². The molecule has 0 saturated heterocycles. The molecule has 1 atom stereocenters. The average molecular weight is 282 g/mol. The lowest BCUT2D eigenvalue weighted by atomic mass is 9.89. The van der Waals surface area contributed by atoms with Gasteiger partial charge in [0, 0.05) is 23.9 Å². The summed E-state index contributed by atoms with van der Waals surface area (Å²) in [6.07, 6.45) is 5.91. The van der Waals surface area contributed by atoms with Gasteiger partial charge in [0.15, 0.2) is 0 Å². The van der Waals surface area contributed by atoms with Crippen LogP contribution in [-0.2, 0) is 11.2 Å².